The molecule has 1 N–H and O–H groups in total. The minimum atomic E-state index is -5.76. The van der Waals surface area contributed by atoms with Gasteiger partial charge in [0.05, 0.1) is 0 Å². The third-order valence-electron chi connectivity index (χ3n) is 3.55. The summed E-state index contributed by atoms with van der Waals surface area (Å²) in [6.45, 7) is 0. The Morgan fingerprint density at radius 3 is 1.63 bits per heavy atom. The number of H-pyrrole nitrogens is 1. The molecule has 0 atom stereocenters. The Balaban J connectivity index is 2.47. The normalized spacial score (nSPS) is 14.3. The van der Waals surface area contributed by atoms with Gasteiger partial charge in [0, 0.05) is 27.2 Å². The van der Waals surface area contributed by atoms with E-state index in [2.05, 4.69) is 4.98 Å². The zero-order valence-corrected chi connectivity index (χ0v) is 15.7. The van der Waals surface area contributed by atoms with Crippen molar-refractivity contribution in [3.05, 3.63) is 30.0 Å². The van der Waals surface area contributed by atoms with E-state index in [0.29, 0.717) is 0 Å². The molecule has 0 bridgehead atoms. The van der Waals surface area contributed by atoms with Gasteiger partial charge in [-0.15, -0.1) is 23.5 Å². The van der Waals surface area contributed by atoms with E-state index in [0.717, 1.165) is 6.07 Å². The minimum Gasteiger partial charge on any atom is -0.357 e. The molecule has 15 heteroatoms. The molecule has 1 aromatic heterocycles. The van der Waals surface area contributed by atoms with Crippen LogP contribution in [0.4, 0.5) is 52.7 Å². The maximum atomic E-state index is 12.9. The van der Waals surface area contributed by atoms with Crippen LogP contribution in [0.3, 0.4) is 0 Å². The second-order valence-corrected chi connectivity index (χ2v) is 8.04. The number of rotatable bonds is 5. The van der Waals surface area contributed by atoms with Crippen LogP contribution in [0.15, 0.2) is 29.2 Å². The topological polar surface area (TPSA) is 15.8 Å². The first-order chi connectivity index (χ1) is 13.4. The molecule has 0 aliphatic heterocycles. The highest BCUT2D eigenvalue weighted by Crippen LogP contribution is 2.49. The monoisotopic (exact) mass is 495 g/mol. The Morgan fingerprint density at radius 1 is 0.700 bits per heavy atom. The van der Waals surface area contributed by atoms with Gasteiger partial charge in [0.15, 0.2) is 5.25 Å². The molecule has 170 valence electrons. The van der Waals surface area contributed by atoms with Crippen LogP contribution in [0.1, 0.15) is 5.69 Å². The first-order valence-corrected chi connectivity index (χ1v) is 9.50. The van der Waals surface area contributed by atoms with Gasteiger partial charge < -0.3 is 4.98 Å². The molecular weight excluding hydrogens is 486 g/mol. The van der Waals surface area contributed by atoms with E-state index < -0.39 is 75.1 Å². The number of hydrogen-bond donors (Lipinski definition) is 1. The summed E-state index contributed by atoms with van der Waals surface area (Å²) < 4.78 is 154. The van der Waals surface area contributed by atoms with Crippen molar-refractivity contribution in [2.45, 2.75) is 45.9 Å². The zero-order chi connectivity index (χ0) is 23.1. The fraction of sp³-hybridized carbons (Fsp3) is 0.467. The molecule has 0 radical (unpaired) electrons. The summed E-state index contributed by atoms with van der Waals surface area (Å²) in [4.78, 5) is 1.60. The summed E-state index contributed by atoms with van der Waals surface area (Å²) in [5, 5.41) is -7.98. The third-order valence-corrected chi connectivity index (χ3v) is 6.35. The van der Waals surface area contributed by atoms with Crippen LogP contribution in [0.25, 0.3) is 10.9 Å². The van der Waals surface area contributed by atoms with Gasteiger partial charge in [-0.3, -0.25) is 0 Å². The highest BCUT2D eigenvalue weighted by molar-refractivity contribution is 8.00. The summed E-state index contributed by atoms with van der Waals surface area (Å²) in [6, 6.07) is 4.91. The Morgan fingerprint density at radius 2 is 1.17 bits per heavy atom. The van der Waals surface area contributed by atoms with Crippen molar-refractivity contribution in [2.24, 2.45) is 0 Å². The molecule has 0 fully saturated rings. The second kappa shape index (κ2) is 8.28. The Kier molecular flexibility index (Phi) is 6.87. The Labute approximate surface area is 168 Å². The van der Waals surface area contributed by atoms with E-state index in [9.17, 15) is 52.7 Å². The molecular formula is C15H9F12NS2. The minimum absolute atomic E-state index is 0.0331. The van der Waals surface area contributed by atoms with Gasteiger partial charge in [-0.1, -0.05) is 18.2 Å². The van der Waals surface area contributed by atoms with E-state index >= 15 is 0 Å². The van der Waals surface area contributed by atoms with Crippen molar-refractivity contribution in [1.29, 1.82) is 0 Å². The maximum Gasteiger partial charge on any atom is 0.409 e. The molecule has 2 aromatic rings. The molecule has 0 saturated carbocycles. The van der Waals surface area contributed by atoms with E-state index in [1.807, 2.05) is 0 Å². The lowest BCUT2D eigenvalue weighted by atomic mass is 10.2. The zero-order valence-electron chi connectivity index (χ0n) is 14.0. The first kappa shape index (κ1) is 24.9. The van der Waals surface area contributed by atoms with Crippen molar-refractivity contribution in [3.63, 3.8) is 0 Å². The van der Waals surface area contributed by atoms with Gasteiger partial charge in [0.2, 0.25) is 5.25 Å². The maximum absolute atomic E-state index is 12.9. The standard InChI is InChI=1S/C15H9F12NS2/c16-12(17,18)10(13(19,20)21)29-5-8-9(6-3-1-2-4-7(6)28-8)30-11(14(22,23)24)15(25,26)27/h1-4,10-11,28H,5H2. The summed E-state index contributed by atoms with van der Waals surface area (Å²) in [5.74, 6) is -1.15. The van der Waals surface area contributed by atoms with E-state index in [4.69, 9.17) is 0 Å². The van der Waals surface area contributed by atoms with Crippen LogP contribution < -0.4 is 0 Å². The van der Waals surface area contributed by atoms with Gasteiger partial charge in [0.25, 0.3) is 0 Å². The number of benzene rings is 1. The molecule has 2 rings (SSSR count). The summed E-state index contributed by atoms with van der Waals surface area (Å²) in [7, 11) is 0. The fourth-order valence-electron chi connectivity index (χ4n) is 2.39. The largest absolute Gasteiger partial charge is 0.409 e. The number of thioether (sulfide) groups is 2. The van der Waals surface area contributed by atoms with Crippen LogP contribution in [-0.4, -0.2) is 40.2 Å². The number of aromatic amines is 1. The van der Waals surface area contributed by atoms with Gasteiger partial charge in [-0.05, 0) is 6.07 Å². The number of nitrogens with one attached hydrogen (secondary N) is 1. The molecule has 0 saturated heterocycles. The molecule has 0 aliphatic carbocycles. The number of para-hydroxylation sites is 1. The van der Waals surface area contributed by atoms with E-state index in [1.54, 1.807) is 0 Å². The van der Waals surface area contributed by atoms with Crippen LogP contribution in [0, 0.1) is 0 Å². The van der Waals surface area contributed by atoms with Gasteiger partial charge in [-0.25, -0.2) is 0 Å². The summed E-state index contributed by atoms with van der Waals surface area (Å²) >= 11 is -1.42. The Bertz CT molecular complexity index is 834. The molecule has 0 aliphatic rings. The average Bonchev–Trinajstić information content (AvgIpc) is 2.85. The quantitative estimate of drug-likeness (QED) is 0.342. The van der Waals surface area contributed by atoms with Crippen LogP contribution in [-0.2, 0) is 5.75 Å². The molecule has 1 nitrogen and oxygen atoms in total. The molecule has 1 heterocycles. The third kappa shape index (κ3) is 5.86. The lowest BCUT2D eigenvalue weighted by Crippen LogP contribution is -2.39. The lowest BCUT2D eigenvalue weighted by Gasteiger charge is -2.24. The van der Waals surface area contributed by atoms with E-state index in [1.165, 1.54) is 18.2 Å². The molecule has 0 unspecified atom stereocenters. The SMILES string of the molecule is FC(F)(F)C(SCc1[nH]c2ccccc2c1SC(C(F)(F)F)C(F)(F)F)C(F)(F)F. The molecule has 30 heavy (non-hydrogen) atoms. The average molecular weight is 495 g/mol. The lowest BCUT2D eigenvalue weighted by molar-refractivity contribution is -0.225. The highest BCUT2D eigenvalue weighted by atomic mass is 32.2. The predicted octanol–water partition coefficient (Wildman–Crippen LogP) is 7.48. The van der Waals surface area contributed by atoms with Crippen LogP contribution >= 0.6 is 23.5 Å². The molecule has 1 aromatic carbocycles. The predicted molar refractivity (Wildman–Crippen MR) is 87.2 cm³/mol. The number of alkyl halides is 12. The number of hydrogen-bond acceptors (Lipinski definition) is 2. The highest BCUT2D eigenvalue weighted by Gasteiger charge is 2.58. The van der Waals surface area contributed by atoms with Gasteiger partial charge in [0.1, 0.15) is 0 Å². The fourth-order valence-corrected chi connectivity index (χ4v) is 4.48. The summed E-state index contributed by atoms with van der Waals surface area (Å²) in [5.41, 5.74) is -0.641. The van der Waals surface area contributed by atoms with Crippen molar-refractivity contribution in [1.82, 2.24) is 4.98 Å². The smallest absolute Gasteiger partial charge is 0.357 e. The number of fused-ring (bicyclic) bond motifs is 1. The molecule has 0 amide bonds. The van der Waals surface area contributed by atoms with Crippen LogP contribution in [0.5, 0.6) is 0 Å². The van der Waals surface area contributed by atoms with Gasteiger partial charge in [-0.2, -0.15) is 52.7 Å². The number of aromatic nitrogens is 1. The first-order valence-electron chi connectivity index (χ1n) is 7.57. The van der Waals surface area contributed by atoms with E-state index in [-0.39, 0.29) is 10.9 Å². The van der Waals surface area contributed by atoms with Crippen molar-refractivity contribution < 1.29 is 52.7 Å². The van der Waals surface area contributed by atoms with Gasteiger partial charge >= 0.3 is 24.7 Å². The van der Waals surface area contributed by atoms with Crippen molar-refractivity contribution in [3.8, 4) is 0 Å². The second-order valence-electron chi connectivity index (χ2n) is 5.83. The van der Waals surface area contributed by atoms with Crippen molar-refractivity contribution >= 4 is 34.4 Å². The Hall–Kier alpha value is -1.38. The van der Waals surface area contributed by atoms with Crippen molar-refractivity contribution in [2.75, 3.05) is 0 Å². The molecule has 0 spiro atoms. The number of halogens is 12. The van der Waals surface area contributed by atoms with Crippen LogP contribution in [0.2, 0.25) is 0 Å². The summed E-state index contributed by atoms with van der Waals surface area (Å²) in [6.07, 6.45) is -23.0.